The Hall–Kier alpha value is -2.34. The van der Waals surface area contributed by atoms with Gasteiger partial charge in [0, 0.05) is 11.3 Å². The number of nitrogens with one attached hydrogen (secondary N) is 1. The summed E-state index contributed by atoms with van der Waals surface area (Å²) in [5.74, 6) is 0.809. The van der Waals surface area contributed by atoms with Crippen LogP contribution in [-0.4, -0.2) is 24.9 Å². The Bertz CT molecular complexity index is 605. The van der Waals surface area contributed by atoms with Gasteiger partial charge in [-0.2, -0.15) is 8.78 Å². The van der Waals surface area contributed by atoms with Crippen molar-refractivity contribution in [1.29, 1.82) is 0 Å². The molecule has 1 unspecified atom stereocenters. The molecular weight excluding hydrogens is 304 g/mol. The van der Waals surface area contributed by atoms with Crippen molar-refractivity contribution in [1.82, 2.24) is 0 Å². The van der Waals surface area contributed by atoms with Crippen LogP contribution in [0.25, 0.3) is 0 Å². The van der Waals surface area contributed by atoms with Crippen LogP contribution in [-0.2, 0) is 0 Å². The largest absolute Gasteiger partial charge is 0.491 e. The summed E-state index contributed by atoms with van der Waals surface area (Å²) in [6.07, 6.45) is 0. The monoisotopic (exact) mass is 323 g/mol. The molecule has 0 amide bonds. The Morgan fingerprint density at radius 2 is 1.78 bits per heavy atom. The third-order valence-corrected chi connectivity index (χ3v) is 3.20. The molecule has 1 atom stereocenters. The molecule has 23 heavy (non-hydrogen) atoms. The minimum atomic E-state index is -2.86. The van der Waals surface area contributed by atoms with E-state index < -0.39 is 6.61 Å². The third kappa shape index (κ3) is 5.10. The van der Waals surface area contributed by atoms with Crippen molar-refractivity contribution in [3.05, 3.63) is 54.1 Å². The van der Waals surface area contributed by atoms with Gasteiger partial charge in [-0.15, -0.1) is 0 Å². The molecule has 0 aliphatic carbocycles. The maximum absolute atomic E-state index is 12.5. The van der Waals surface area contributed by atoms with E-state index in [1.54, 1.807) is 30.3 Å². The molecule has 0 bridgehead atoms. The Balaban J connectivity index is 2.05. The molecule has 0 saturated carbocycles. The van der Waals surface area contributed by atoms with Gasteiger partial charge in [0.2, 0.25) is 0 Å². The van der Waals surface area contributed by atoms with E-state index in [4.69, 9.17) is 9.84 Å². The van der Waals surface area contributed by atoms with Crippen LogP contribution < -0.4 is 14.8 Å². The number of aliphatic hydroxyl groups excluding tert-OH is 1. The van der Waals surface area contributed by atoms with Gasteiger partial charge in [0.15, 0.2) is 0 Å². The van der Waals surface area contributed by atoms with E-state index in [1.165, 1.54) is 6.07 Å². The number of anilines is 1. The number of halogens is 2. The average molecular weight is 323 g/mol. The van der Waals surface area contributed by atoms with E-state index in [2.05, 4.69) is 10.1 Å². The molecule has 4 nitrogen and oxygen atoms in total. The van der Waals surface area contributed by atoms with Crippen molar-refractivity contribution in [2.75, 3.05) is 18.5 Å². The molecule has 0 aliphatic rings. The van der Waals surface area contributed by atoms with Crippen LogP contribution in [0.2, 0.25) is 0 Å². The molecule has 0 aliphatic heterocycles. The van der Waals surface area contributed by atoms with Crippen molar-refractivity contribution in [2.45, 2.75) is 19.6 Å². The number of hydrogen-bond acceptors (Lipinski definition) is 4. The number of ether oxygens (including phenoxy) is 2. The summed E-state index contributed by atoms with van der Waals surface area (Å²) in [5.41, 5.74) is 1.47. The van der Waals surface area contributed by atoms with Gasteiger partial charge in [-0.05, 0) is 37.3 Å². The second-order valence-electron chi connectivity index (χ2n) is 4.88. The van der Waals surface area contributed by atoms with Crippen molar-refractivity contribution < 1.29 is 23.4 Å². The lowest BCUT2D eigenvalue weighted by Crippen LogP contribution is -2.11. The lowest BCUT2D eigenvalue weighted by Gasteiger charge is -2.19. The van der Waals surface area contributed by atoms with Gasteiger partial charge in [-0.25, -0.2) is 0 Å². The van der Waals surface area contributed by atoms with E-state index in [0.717, 1.165) is 5.69 Å². The quantitative estimate of drug-likeness (QED) is 0.775. The predicted molar refractivity (Wildman–Crippen MR) is 84.1 cm³/mol. The lowest BCUT2D eigenvalue weighted by atomic mass is 10.1. The first-order chi connectivity index (χ1) is 11.1. The molecule has 2 rings (SSSR count). The van der Waals surface area contributed by atoms with Crippen LogP contribution in [0, 0.1) is 0 Å². The molecule has 0 aromatic heterocycles. The second kappa shape index (κ2) is 8.33. The SMILES string of the molecule is CC(Nc1ccc(OCCO)cc1)c1ccccc1OC(F)F. The van der Waals surface area contributed by atoms with Crippen molar-refractivity contribution in [3.8, 4) is 11.5 Å². The molecule has 0 spiro atoms. The van der Waals surface area contributed by atoms with Gasteiger partial charge in [-0.1, -0.05) is 18.2 Å². The van der Waals surface area contributed by atoms with Crippen molar-refractivity contribution in [2.24, 2.45) is 0 Å². The topological polar surface area (TPSA) is 50.7 Å². The normalized spacial score (nSPS) is 12.0. The van der Waals surface area contributed by atoms with Gasteiger partial charge < -0.3 is 19.9 Å². The number of rotatable bonds is 8. The molecule has 0 saturated heterocycles. The van der Waals surface area contributed by atoms with Gasteiger partial charge >= 0.3 is 6.61 Å². The average Bonchev–Trinajstić information content (AvgIpc) is 2.54. The van der Waals surface area contributed by atoms with E-state index in [-0.39, 0.29) is 25.0 Å². The molecule has 0 heterocycles. The minimum absolute atomic E-state index is 0.0437. The zero-order valence-electron chi connectivity index (χ0n) is 12.7. The van der Waals surface area contributed by atoms with Crippen LogP contribution in [0.5, 0.6) is 11.5 Å². The maximum atomic E-state index is 12.5. The van der Waals surface area contributed by atoms with E-state index in [9.17, 15) is 8.78 Å². The van der Waals surface area contributed by atoms with Crippen LogP contribution in [0.1, 0.15) is 18.5 Å². The fraction of sp³-hybridized carbons (Fsp3) is 0.294. The molecule has 124 valence electrons. The highest BCUT2D eigenvalue weighted by molar-refractivity contribution is 5.49. The summed E-state index contributed by atoms with van der Waals surface area (Å²) in [4.78, 5) is 0. The van der Waals surface area contributed by atoms with Crippen molar-refractivity contribution in [3.63, 3.8) is 0 Å². The van der Waals surface area contributed by atoms with Crippen LogP contribution in [0.3, 0.4) is 0 Å². The molecule has 2 N–H and O–H groups in total. The summed E-state index contributed by atoms with van der Waals surface area (Å²) in [6.45, 7) is -0.796. The smallest absolute Gasteiger partial charge is 0.387 e. The highest BCUT2D eigenvalue weighted by Crippen LogP contribution is 2.29. The zero-order chi connectivity index (χ0) is 16.7. The summed E-state index contributed by atoms with van der Waals surface area (Å²) < 4.78 is 34.8. The van der Waals surface area contributed by atoms with Gasteiger partial charge in [-0.3, -0.25) is 0 Å². The first-order valence-electron chi connectivity index (χ1n) is 7.24. The number of para-hydroxylation sites is 1. The maximum Gasteiger partial charge on any atom is 0.387 e. The predicted octanol–water partition coefficient (Wildman–Crippen LogP) is 3.83. The van der Waals surface area contributed by atoms with E-state index >= 15 is 0 Å². The first kappa shape index (κ1) is 17.0. The Morgan fingerprint density at radius 3 is 2.43 bits per heavy atom. The van der Waals surface area contributed by atoms with Gasteiger partial charge in [0.25, 0.3) is 0 Å². The number of aliphatic hydroxyl groups is 1. The Labute approximate surface area is 133 Å². The number of benzene rings is 2. The summed E-state index contributed by atoms with van der Waals surface area (Å²) in [5, 5.41) is 11.9. The Morgan fingerprint density at radius 1 is 1.09 bits per heavy atom. The number of alkyl halides is 2. The first-order valence-corrected chi connectivity index (χ1v) is 7.24. The summed E-state index contributed by atoms with van der Waals surface area (Å²) >= 11 is 0. The highest BCUT2D eigenvalue weighted by Gasteiger charge is 2.14. The number of hydrogen-bond donors (Lipinski definition) is 2. The van der Waals surface area contributed by atoms with Gasteiger partial charge in [0.05, 0.1) is 12.6 Å². The fourth-order valence-electron chi connectivity index (χ4n) is 2.18. The summed E-state index contributed by atoms with van der Waals surface area (Å²) in [7, 11) is 0. The highest BCUT2D eigenvalue weighted by atomic mass is 19.3. The van der Waals surface area contributed by atoms with Crippen molar-refractivity contribution >= 4 is 5.69 Å². The standard InChI is InChI=1S/C17H19F2NO3/c1-12(15-4-2-3-5-16(15)23-17(18)19)20-13-6-8-14(9-7-13)22-11-10-21/h2-9,12,17,20-21H,10-11H2,1H3. The lowest BCUT2D eigenvalue weighted by molar-refractivity contribution is -0.0505. The Kier molecular flexibility index (Phi) is 6.17. The molecule has 6 heteroatoms. The second-order valence-corrected chi connectivity index (χ2v) is 4.88. The zero-order valence-corrected chi connectivity index (χ0v) is 12.7. The third-order valence-electron chi connectivity index (χ3n) is 3.20. The van der Waals surface area contributed by atoms with Crippen LogP contribution >= 0.6 is 0 Å². The molecule has 2 aromatic carbocycles. The van der Waals surface area contributed by atoms with E-state index in [1.807, 2.05) is 19.1 Å². The molecule has 0 radical (unpaired) electrons. The summed E-state index contributed by atoms with van der Waals surface area (Å²) in [6, 6.07) is 13.7. The molecular formula is C17H19F2NO3. The van der Waals surface area contributed by atoms with Crippen LogP contribution in [0.15, 0.2) is 48.5 Å². The van der Waals surface area contributed by atoms with Gasteiger partial charge in [0.1, 0.15) is 18.1 Å². The van der Waals surface area contributed by atoms with E-state index in [0.29, 0.717) is 11.3 Å². The molecule has 0 fully saturated rings. The fourth-order valence-corrected chi connectivity index (χ4v) is 2.18. The molecule has 2 aromatic rings. The minimum Gasteiger partial charge on any atom is -0.491 e. The van der Waals surface area contributed by atoms with Crippen LogP contribution in [0.4, 0.5) is 14.5 Å².